The van der Waals surface area contributed by atoms with Crippen LogP contribution in [0.3, 0.4) is 0 Å². The minimum atomic E-state index is -4.41. The Hall–Kier alpha value is -3.19. The predicted octanol–water partition coefficient (Wildman–Crippen LogP) is 4.61. The summed E-state index contributed by atoms with van der Waals surface area (Å²) in [6, 6.07) is 8.66. The fourth-order valence-electron chi connectivity index (χ4n) is 4.28. The number of aromatic nitrogens is 2. The van der Waals surface area contributed by atoms with Crippen molar-refractivity contribution in [3.05, 3.63) is 54.0 Å². The third-order valence-corrected chi connectivity index (χ3v) is 7.79. The van der Waals surface area contributed by atoms with Crippen molar-refractivity contribution >= 4 is 32.1 Å². The van der Waals surface area contributed by atoms with E-state index in [-0.39, 0.29) is 29.8 Å². The highest BCUT2D eigenvalue weighted by Gasteiger charge is 2.30. The number of alkyl halides is 3. The number of pyridine rings is 1. The highest BCUT2D eigenvalue weighted by atomic mass is 32.2. The second-order valence-corrected chi connectivity index (χ2v) is 10.9. The molecule has 186 valence electrons. The van der Waals surface area contributed by atoms with Crippen LogP contribution in [0, 0.1) is 11.8 Å². The fraction of sp³-hybridized carbons (Fsp3) is 0.400. The van der Waals surface area contributed by atoms with Crippen molar-refractivity contribution in [1.29, 1.82) is 0 Å². The average molecular weight is 505 g/mol. The van der Waals surface area contributed by atoms with E-state index in [4.69, 9.17) is 0 Å². The lowest BCUT2D eigenvalue weighted by Crippen LogP contribution is -2.32. The molecule has 0 radical (unpaired) electrons. The summed E-state index contributed by atoms with van der Waals surface area (Å²) >= 11 is 0. The number of hydrogen-bond donors (Lipinski definition) is 2. The van der Waals surface area contributed by atoms with Crippen molar-refractivity contribution in [3.63, 3.8) is 0 Å². The molecule has 35 heavy (non-hydrogen) atoms. The summed E-state index contributed by atoms with van der Waals surface area (Å²) < 4.78 is 64.9. The standard InChI is InChI=1S/C25H27F3N4O2S/c1-2-18-8-12-29-16-23(18)30-11-4-5-20-15-21-22(31-19-9-13-35(33,34)14-10-19)6-3-7-24(21)32(20)17-25(26,27)28/h3,6-8,12,15-16,19,30-31H,2,9-11,13-14,17H2,1H3. The van der Waals surface area contributed by atoms with Crippen molar-refractivity contribution in [2.24, 2.45) is 0 Å². The molecule has 0 amide bonds. The number of benzene rings is 1. The van der Waals surface area contributed by atoms with Crippen LogP contribution < -0.4 is 10.6 Å². The van der Waals surface area contributed by atoms with Crippen LogP contribution in [0.5, 0.6) is 0 Å². The number of nitrogens with zero attached hydrogens (tertiary/aromatic N) is 2. The van der Waals surface area contributed by atoms with E-state index < -0.39 is 22.6 Å². The molecule has 10 heteroatoms. The first-order valence-corrected chi connectivity index (χ1v) is 13.3. The van der Waals surface area contributed by atoms with Gasteiger partial charge >= 0.3 is 6.18 Å². The number of aryl methyl sites for hydroxylation is 1. The smallest absolute Gasteiger partial charge is 0.382 e. The van der Waals surface area contributed by atoms with Crippen LogP contribution in [-0.2, 0) is 22.8 Å². The van der Waals surface area contributed by atoms with E-state index >= 15 is 0 Å². The van der Waals surface area contributed by atoms with Gasteiger partial charge < -0.3 is 15.2 Å². The van der Waals surface area contributed by atoms with E-state index in [1.807, 2.05) is 13.0 Å². The summed E-state index contributed by atoms with van der Waals surface area (Å²) in [5.41, 5.74) is 3.30. The maximum absolute atomic E-state index is 13.4. The average Bonchev–Trinajstić information content (AvgIpc) is 3.15. The molecule has 1 saturated heterocycles. The van der Waals surface area contributed by atoms with Gasteiger partial charge in [0.15, 0.2) is 0 Å². The fourth-order valence-corrected chi connectivity index (χ4v) is 5.77. The van der Waals surface area contributed by atoms with Crippen molar-refractivity contribution in [2.45, 2.75) is 44.9 Å². The molecular formula is C25H27F3N4O2S. The maximum Gasteiger partial charge on any atom is 0.406 e. The van der Waals surface area contributed by atoms with E-state index in [1.165, 1.54) is 4.57 Å². The molecule has 6 nitrogen and oxygen atoms in total. The number of anilines is 2. The van der Waals surface area contributed by atoms with Gasteiger partial charge in [0.1, 0.15) is 16.4 Å². The van der Waals surface area contributed by atoms with E-state index in [2.05, 4.69) is 27.5 Å². The van der Waals surface area contributed by atoms with Gasteiger partial charge in [0.25, 0.3) is 0 Å². The molecule has 3 heterocycles. The van der Waals surface area contributed by atoms with Crippen molar-refractivity contribution < 1.29 is 21.6 Å². The number of nitrogens with one attached hydrogen (secondary N) is 2. The summed E-state index contributed by atoms with van der Waals surface area (Å²) in [6.07, 6.45) is 0.760. The van der Waals surface area contributed by atoms with Crippen LogP contribution in [-0.4, -0.2) is 48.2 Å². The Bertz CT molecular complexity index is 1360. The molecule has 0 atom stereocenters. The van der Waals surface area contributed by atoms with Crippen LogP contribution in [0.2, 0.25) is 0 Å². The molecule has 0 saturated carbocycles. The number of halogens is 3. The maximum atomic E-state index is 13.4. The molecule has 2 N–H and O–H groups in total. The third-order valence-electron chi connectivity index (χ3n) is 6.07. The zero-order valence-electron chi connectivity index (χ0n) is 19.3. The summed E-state index contributed by atoms with van der Waals surface area (Å²) in [5, 5.41) is 7.15. The molecule has 1 aromatic carbocycles. The first-order chi connectivity index (χ1) is 16.6. The van der Waals surface area contributed by atoms with Crippen LogP contribution >= 0.6 is 0 Å². The number of hydrogen-bond acceptors (Lipinski definition) is 5. The molecule has 0 spiro atoms. The zero-order valence-corrected chi connectivity index (χ0v) is 20.1. The van der Waals surface area contributed by atoms with Gasteiger partial charge in [0.2, 0.25) is 0 Å². The number of sulfone groups is 1. The summed E-state index contributed by atoms with van der Waals surface area (Å²) in [5.74, 6) is 6.05. The summed E-state index contributed by atoms with van der Waals surface area (Å²) in [4.78, 5) is 4.10. The second kappa shape index (κ2) is 10.2. The zero-order chi connectivity index (χ0) is 25.1. The molecule has 0 unspecified atom stereocenters. The lowest BCUT2D eigenvalue weighted by atomic mass is 10.1. The van der Waals surface area contributed by atoms with Crippen molar-refractivity contribution in [3.8, 4) is 11.8 Å². The van der Waals surface area contributed by atoms with E-state index in [0.717, 1.165) is 17.7 Å². The van der Waals surface area contributed by atoms with Gasteiger partial charge in [-0.3, -0.25) is 4.98 Å². The Balaban J connectivity index is 1.61. The molecule has 0 bridgehead atoms. The highest BCUT2D eigenvalue weighted by molar-refractivity contribution is 7.91. The van der Waals surface area contributed by atoms with E-state index in [1.54, 1.807) is 36.7 Å². The third kappa shape index (κ3) is 6.28. The van der Waals surface area contributed by atoms with Gasteiger partial charge in [-0.15, -0.1) is 0 Å². The Morgan fingerprint density at radius 3 is 2.66 bits per heavy atom. The first kappa shape index (κ1) is 24.9. The van der Waals surface area contributed by atoms with Crippen molar-refractivity contribution in [1.82, 2.24) is 9.55 Å². The van der Waals surface area contributed by atoms with Gasteiger partial charge in [-0.2, -0.15) is 13.2 Å². The van der Waals surface area contributed by atoms with E-state index in [9.17, 15) is 21.6 Å². The Labute approximate surface area is 202 Å². The number of fused-ring (bicyclic) bond motifs is 1. The van der Waals surface area contributed by atoms with Crippen LogP contribution in [0.1, 0.15) is 31.0 Å². The summed E-state index contributed by atoms with van der Waals surface area (Å²) in [7, 11) is -3.01. The number of rotatable bonds is 6. The lowest BCUT2D eigenvalue weighted by molar-refractivity contribution is -0.140. The largest absolute Gasteiger partial charge is 0.406 e. The SMILES string of the molecule is CCc1ccncc1NCC#Cc1cc2c(NC3CCS(=O)(=O)CC3)cccc2n1CC(F)(F)F. The quantitative estimate of drug-likeness (QED) is 0.480. The van der Waals surface area contributed by atoms with Crippen LogP contribution in [0.15, 0.2) is 42.7 Å². The van der Waals surface area contributed by atoms with Crippen LogP contribution in [0.25, 0.3) is 10.9 Å². The Kier molecular flexibility index (Phi) is 7.26. The molecule has 2 aromatic heterocycles. The monoisotopic (exact) mass is 504 g/mol. The van der Waals surface area contributed by atoms with Crippen molar-refractivity contribution in [2.75, 3.05) is 28.7 Å². The molecule has 1 aliphatic rings. The molecule has 4 rings (SSSR count). The van der Waals surface area contributed by atoms with Gasteiger partial charge in [0, 0.05) is 23.3 Å². The highest BCUT2D eigenvalue weighted by Crippen LogP contribution is 2.31. The summed E-state index contributed by atoms with van der Waals surface area (Å²) in [6.45, 7) is 1.13. The van der Waals surface area contributed by atoms with Gasteiger partial charge in [-0.1, -0.05) is 18.9 Å². The van der Waals surface area contributed by atoms with Gasteiger partial charge in [-0.05, 0) is 55.0 Å². The van der Waals surface area contributed by atoms with Gasteiger partial charge in [0.05, 0.1) is 41.1 Å². The molecule has 3 aromatic rings. The van der Waals surface area contributed by atoms with E-state index in [0.29, 0.717) is 29.4 Å². The first-order valence-electron chi connectivity index (χ1n) is 11.5. The van der Waals surface area contributed by atoms with Gasteiger partial charge in [-0.25, -0.2) is 8.42 Å². The Morgan fingerprint density at radius 1 is 1.17 bits per heavy atom. The minimum Gasteiger partial charge on any atom is -0.382 e. The minimum absolute atomic E-state index is 0.0546. The lowest BCUT2D eigenvalue weighted by Gasteiger charge is -2.24. The molecular weight excluding hydrogens is 477 g/mol. The normalized spacial score (nSPS) is 16.0. The second-order valence-electron chi connectivity index (χ2n) is 8.58. The predicted molar refractivity (Wildman–Crippen MR) is 132 cm³/mol. The topological polar surface area (TPSA) is 76.0 Å². The van der Waals surface area contributed by atoms with Crippen LogP contribution in [0.4, 0.5) is 24.5 Å². The molecule has 1 aliphatic heterocycles. The molecule has 1 fully saturated rings. The molecule has 0 aliphatic carbocycles. The Morgan fingerprint density at radius 2 is 1.94 bits per heavy atom.